The molecule has 1 aromatic carbocycles. The molecule has 112 valence electrons. The molecule has 2 heterocycles. The summed E-state index contributed by atoms with van der Waals surface area (Å²) >= 11 is 13.5. The molecule has 0 unspecified atom stereocenters. The van der Waals surface area contributed by atoms with Crippen LogP contribution in [0.25, 0.3) is 10.7 Å². The predicted octanol–water partition coefficient (Wildman–Crippen LogP) is 4.54. The van der Waals surface area contributed by atoms with E-state index in [1.54, 1.807) is 12.3 Å². The summed E-state index contributed by atoms with van der Waals surface area (Å²) in [5, 5.41) is 11.2. The van der Waals surface area contributed by atoms with Crippen molar-refractivity contribution in [3.63, 3.8) is 0 Å². The van der Waals surface area contributed by atoms with Crippen LogP contribution in [0.4, 0.5) is 5.13 Å². The molecule has 22 heavy (non-hydrogen) atoms. The Morgan fingerprint density at radius 1 is 1.09 bits per heavy atom. The van der Waals surface area contributed by atoms with Crippen LogP contribution >= 0.6 is 34.5 Å². The number of nitrogens with zero attached hydrogens (tertiary/aromatic N) is 4. The molecule has 0 saturated carbocycles. The molecule has 0 N–H and O–H groups in total. The normalized spacial score (nSPS) is 10.7. The van der Waals surface area contributed by atoms with Crippen molar-refractivity contribution in [3.8, 4) is 10.7 Å². The number of hydrogen-bond donors (Lipinski definition) is 0. The fraction of sp³-hybridized carbons (Fsp3) is 0.133. The summed E-state index contributed by atoms with van der Waals surface area (Å²) in [5.74, 6) is 0. The van der Waals surface area contributed by atoms with E-state index in [4.69, 9.17) is 23.2 Å². The minimum Gasteiger partial charge on any atom is -0.345 e. The van der Waals surface area contributed by atoms with Crippen molar-refractivity contribution in [2.75, 3.05) is 11.9 Å². The third-order valence-electron chi connectivity index (χ3n) is 3.03. The molecule has 0 bridgehead atoms. The Morgan fingerprint density at radius 3 is 2.68 bits per heavy atom. The van der Waals surface area contributed by atoms with Crippen LogP contribution in [0.3, 0.4) is 0 Å². The zero-order chi connectivity index (χ0) is 15.5. The van der Waals surface area contributed by atoms with Crippen molar-refractivity contribution in [3.05, 3.63) is 58.2 Å². The van der Waals surface area contributed by atoms with Crippen molar-refractivity contribution in [1.29, 1.82) is 0 Å². The first-order valence-corrected chi connectivity index (χ1v) is 8.10. The molecular weight excluding hydrogens is 339 g/mol. The highest BCUT2D eigenvalue weighted by molar-refractivity contribution is 7.18. The Hall–Kier alpha value is -1.69. The molecule has 0 fully saturated rings. The minimum absolute atomic E-state index is 0.555. The summed E-state index contributed by atoms with van der Waals surface area (Å²) in [7, 11) is 1.96. The standard InChI is InChI=1S/C15H12Cl2N4S/c1-21(9-10-5-6-11(16)12(17)8-10)15-20-19-14(22-15)13-4-2-3-7-18-13/h2-8H,9H2,1H3. The second-order valence-electron chi connectivity index (χ2n) is 4.71. The lowest BCUT2D eigenvalue weighted by Gasteiger charge is -2.15. The first kappa shape index (κ1) is 15.2. The number of benzene rings is 1. The van der Waals surface area contributed by atoms with Crippen LogP contribution in [0.1, 0.15) is 5.56 Å². The lowest BCUT2D eigenvalue weighted by atomic mass is 10.2. The van der Waals surface area contributed by atoms with Gasteiger partial charge in [-0.1, -0.05) is 46.7 Å². The second kappa shape index (κ2) is 6.60. The topological polar surface area (TPSA) is 41.9 Å². The van der Waals surface area contributed by atoms with E-state index in [1.165, 1.54) is 11.3 Å². The lowest BCUT2D eigenvalue weighted by molar-refractivity contribution is 0.894. The smallest absolute Gasteiger partial charge is 0.208 e. The van der Waals surface area contributed by atoms with Gasteiger partial charge in [0.25, 0.3) is 0 Å². The number of anilines is 1. The van der Waals surface area contributed by atoms with Crippen LogP contribution in [-0.2, 0) is 6.54 Å². The van der Waals surface area contributed by atoms with Gasteiger partial charge in [0.1, 0.15) is 5.69 Å². The summed E-state index contributed by atoms with van der Waals surface area (Å²) in [6.07, 6.45) is 1.75. The van der Waals surface area contributed by atoms with E-state index in [1.807, 2.05) is 42.3 Å². The van der Waals surface area contributed by atoms with Crippen molar-refractivity contribution in [2.45, 2.75) is 6.54 Å². The highest BCUT2D eigenvalue weighted by Crippen LogP contribution is 2.28. The zero-order valence-electron chi connectivity index (χ0n) is 11.7. The Labute approximate surface area is 142 Å². The highest BCUT2D eigenvalue weighted by Gasteiger charge is 2.12. The SMILES string of the molecule is CN(Cc1ccc(Cl)c(Cl)c1)c1nnc(-c2ccccn2)s1. The molecular formula is C15H12Cl2N4S. The van der Waals surface area contributed by atoms with Gasteiger partial charge in [-0.15, -0.1) is 10.2 Å². The van der Waals surface area contributed by atoms with E-state index in [9.17, 15) is 0 Å². The summed E-state index contributed by atoms with van der Waals surface area (Å²) in [5.41, 5.74) is 1.89. The quantitative estimate of drug-likeness (QED) is 0.692. The maximum atomic E-state index is 6.04. The fourth-order valence-electron chi connectivity index (χ4n) is 1.94. The van der Waals surface area contributed by atoms with Crippen molar-refractivity contribution < 1.29 is 0 Å². The van der Waals surface area contributed by atoms with Crippen LogP contribution in [0, 0.1) is 0 Å². The number of rotatable bonds is 4. The molecule has 3 rings (SSSR count). The van der Waals surface area contributed by atoms with E-state index in [0.29, 0.717) is 16.6 Å². The van der Waals surface area contributed by atoms with E-state index >= 15 is 0 Å². The number of pyridine rings is 1. The second-order valence-corrected chi connectivity index (χ2v) is 6.48. The molecule has 0 radical (unpaired) electrons. The van der Waals surface area contributed by atoms with Gasteiger partial charge in [-0.3, -0.25) is 4.98 Å². The summed E-state index contributed by atoms with van der Waals surface area (Å²) in [6.45, 7) is 0.674. The first-order chi connectivity index (χ1) is 10.6. The number of aromatic nitrogens is 3. The minimum atomic E-state index is 0.555. The number of halogens is 2. The first-order valence-electron chi connectivity index (χ1n) is 6.53. The van der Waals surface area contributed by atoms with Gasteiger partial charge in [-0.25, -0.2) is 0 Å². The summed E-state index contributed by atoms with van der Waals surface area (Å²) in [6, 6.07) is 11.3. The van der Waals surface area contributed by atoms with E-state index < -0.39 is 0 Å². The Morgan fingerprint density at radius 2 is 1.95 bits per heavy atom. The largest absolute Gasteiger partial charge is 0.345 e. The van der Waals surface area contributed by atoms with Crippen LogP contribution in [0.15, 0.2) is 42.6 Å². The van der Waals surface area contributed by atoms with E-state index in [-0.39, 0.29) is 0 Å². The Kier molecular flexibility index (Phi) is 4.57. The molecule has 2 aromatic heterocycles. The lowest BCUT2D eigenvalue weighted by Crippen LogP contribution is -2.16. The third-order valence-corrected chi connectivity index (χ3v) is 4.83. The van der Waals surface area contributed by atoms with Crippen LogP contribution < -0.4 is 4.90 Å². The van der Waals surface area contributed by atoms with E-state index in [2.05, 4.69) is 15.2 Å². The van der Waals surface area contributed by atoms with Gasteiger partial charge < -0.3 is 4.90 Å². The van der Waals surface area contributed by atoms with Gasteiger partial charge in [0.2, 0.25) is 5.13 Å². The molecule has 0 aliphatic heterocycles. The van der Waals surface area contributed by atoms with Gasteiger partial charge in [0.05, 0.1) is 10.0 Å². The van der Waals surface area contributed by atoms with Crippen molar-refractivity contribution >= 4 is 39.7 Å². The molecule has 0 atom stereocenters. The third kappa shape index (κ3) is 3.38. The van der Waals surface area contributed by atoms with Gasteiger partial charge in [-0.2, -0.15) is 0 Å². The molecule has 0 aliphatic carbocycles. The maximum absolute atomic E-state index is 6.04. The summed E-state index contributed by atoms with van der Waals surface area (Å²) in [4.78, 5) is 6.30. The molecule has 0 spiro atoms. The molecule has 0 amide bonds. The van der Waals surface area contributed by atoms with Crippen LogP contribution in [-0.4, -0.2) is 22.2 Å². The van der Waals surface area contributed by atoms with Gasteiger partial charge in [0, 0.05) is 19.8 Å². The van der Waals surface area contributed by atoms with Crippen molar-refractivity contribution in [2.24, 2.45) is 0 Å². The molecule has 7 heteroatoms. The fourth-order valence-corrected chi connectivity index (χ4v) is 3.04. The number of hydrogen-bond acceptors (Lipinski definition) is 5. The average molecular weight is 351 g/mol. The van der Waals surface area contributed by atoms with E-state index in [0.717, 1.165) is 21.4 Å². The predicted molar refractivity (Wildman–Crippen MR) is 91.7 cm³/mol. The van der Waals surface area contributed by atoms with Gasteiger partial charge in [0.15, 0.2) is 5.01 Å². The maximum Gasteiger partial charge on any atom is 0.208 e. The average Bonchev–Trinajstić information content (AvgIpc) is 3.02. The van der Waals surface area contributed by atoms with Gasteiger partial charge in [-0.05, 0) is 29.8 Å². The Balaban J connectivity index is 1.77. The monoisotopic (exact) mass is 350 g/mol. The Bertz CT molecular complexity index is 776. The van der Waals surface area contributed by atoms with Crippen LogP contribution in [0.2, 0.25) is 10.0 Å². The van der Waals surface area contributed by atoms with Crippen molar-refractivity contribution in [1.82, 2.24) is 15.2 Å². The molecule has 3 aromatic rings. The zero-order valence-corrected chi connectivity index (χ0v) is 14.0. The van der Waals surface area contributed by atoms with Crippen LogP contribution in [0.5, 0.6) is 0 Å². The molecule has 0 saturated heterocycles. The highest BCUT2D eigenvalue weighted by atomic mass is 35.5. The summed E-state index contributed by atoms with van der Waals surface area (Å²) < 4.78 is 0. The molecule has 0 aliphatic rings. The van der Waals surface area contributed by atoms with Gasteiger partial charge >= 0.3 is 0 Å². The molecule has 4 nitrogen and oxygen atoms in total.